The fourth-order valence-electron chi connectivity index (χ4n) is 2.63. The summed E-state index contributed by atoms with van der Waals surface area (Å²) in [6, 6.07) is 2.84. The molecule has 1 aromatic rings. The number of nitrogens with two attached hydrogens (primary N) is 1. The average molecular weight is 407 g/mol. The Labute approximate surface area is 170 Å². The highest BCUT2D eigenvalue weighted by molar-refractivity contribution is 7.82. The predicted octanol–water partition coefficient (Wildman–Crippen LogP) is 4.41. The van der Waals surface area contributed by atoms with Gasteiger partial charge in [0, 0.05) is 13.1 Å². The molecule has 0 saturated carbocycles. The van der Waals surface area contributed by atoms with E-state index in [9.17, 15) is 14.1 Å². The maximum absolute atomic E-state index is 12.2. The zero-order valence-electron chi connectivity index (χ0n) is 16.6. The lowest BCUT2D eigenvalue weighted by Crippen LogP contribution is -2.27. The zero-order chi connectivity index (χ0) is 21.1. The van der Waals surface area contributed by atoms with E-state index in [1.165, 1.54) is 12.1 Å². The molecule has 0 bridgehead atoms. The van der Waals surface area contributed by atoms with Gasteiger partial charge in [-0.15, -0.1) is 0 Å². The predicted molar refractivity (Wildman–Crippen MR) is 115 cm³/mol. The van der Waals surface area contributed by atoms with Crippen LogP contribution >= 0.6 is 0 Å². The second-order valence-corrected chi connectivity index (χ2v) is 7.26. The minimum atomic E-state index is -1.93. The Morgan fingerprint density at radius 2 is 1.86 bits per heavy atom. The molecular formula is C21H30N2O4S. The minimum Gasteiger partial charge on any atom is -0.478 e. The summed E-state index contributed by atoms with van der Waals surface area (Å²) in [7, 11) is -1.93. The molecule has 0 heterocycles. The van der Waals surface area contributed by atoms with Gasteiger partial charge in [-0.2, -0.15) is 0 Å². The van der Waals surface area contributed by atoms with Crippen molar-refractivity contribution in [3.63, 3.8) is 0 Å². The third kappa shape index (κ3) is 6.65. The van der Waals surface area contributed by atoms with Gasteiger partial charge in [-0.1, -0.05) is 45.9 Å². The van der Waals surface area contributed by atoms with Crippen molar-refractivity contribution < 1.29 is 18.8 Å². The Bertz CT molecular complexity index is 751. The Kier molecular flexibility index (Phi) is 10.3. The molecule has 6 nitrogen and oxygen atoms in total. The molecule has 1 aromatic carbocycles. The van der Waals surface area contributed by atoms with Crippen LogP contribution in [0.3, 0.4) is 0 Å². The highest BCUT2D eigenvalue weighted by Gasteiger charge is 2.23. The molecule has 3 N–H and O–H groups in total. The van der Waals surface area contributed by atoms with Crippen molar-refractivity contribution >= 4 is 22.6 Å². The maximum atomic E-state index is 12.2. The van der Waals surface area contributed by atoms with Gasteiger partial charge in [-0.25, -0.2) is 14.1 Å². The molecule has 28 heavy (non-hydrogen) atoms. The van der Waals surface area contributed by atoms with E-state index in [0.29, 0.717) is 11.4 Å². The first-order valence-corrected chi connectivity index (χ1v) is 10.6. The molecule has 7 heteroatoms. The summed E-state index contributed by atoms with van der Waals surface area (Å²) >= 11 is 0. The molecule has 0 aliphatic heterocycles. The summed E-state index contributed by atoms with van der Waals surface area (Å²) in [4.78, 5) is 13.8. The normalized spacial score (nSPS) is 12.3. The number of hydrogen-bond acceptors (Lipinski definition) is 4. The van der Waals surface area contributed by atoms with Crippen molar-refractivity contribution in [3.05, 3.63) is 54.8 Å². The van der Waals surface area contributed by atoms with Gasteiger partial charge < -0.3 is 14.7 Å². The number of aromatic carboxylic acids is 1. The van der Waals surface area contributed by atoms with E-state index in [2.05, 4.69) is 31.9 Å². The first kappa shape index (κ1) is 23.7. The number of anilines is 1. The van der Waals surface area contributed by atoms with Gasteiger partial charge in [0.2, 0.25) is 0 Å². The fourth-order valence-corrected chi connectivity index (χ4v) is 3.20. The second-order valence-electron chi connectivity index (χ2n) is 6.23. The van der Waals surface area contributed by atoms with Crippen LogP contribution in [0.2, 0.25) is 0 Å². The third-order valence-corrected chi connectivity index (χ3v) is 4.84. The van der Waals surface area contributed by atoms with Gasteiger partial charge in [0.05, 0.1) is 16.1 Å². The summed E-state index contributed by atoms with van der Waals surface area (Å²) in [5.74, 6) is -0.431. The number of nitrogens with zero attached hydrogens (tertiary/aromatic N) is 1. The highest BCUT2D eigenvalue weighted by Crippen LogP contribution is 2.37. The van der Waals surface area contributed by atoms with Gasteiger partial charge in [0.1, 0.15) is 16.7 Å². The van der Waals surface area contributed by atoms with E-state index in [4.69, 9.17) is 9.88 Å². The Morgan fingerprint density at radius 1 is 1.25 bits per heavy atom. The van der Waals surface area contributed by atoms with Crippen LogP contribution < -0.4 is 14.8 Å². The summed E-state index contributed by atoms with van der Waals surface area (Å²) in [6.07, 6.45) is 8.50. The zero-order valence-corrected chi connectivity index (χ0v) is 17.5. The molecule has 0 aromatic heterocycles. The minimum absolute atomic E-state index is 0.0157. The fraction of sp³-hybridized carbons (Fsp3) is 0.381. The number of carboxylic acid groups (broad SMARTS) is 1. The van der Waals surface area contributed by atoms with Crippen molar-refractivity contribution in [1.82, 2.24) is 0 Å². The number of rotatable bonds is 13. The van der Waals surface area contributed by atoms with E-state index in [1.807, 2.05) is 0 Å². The van der Waals surface area contributed by atoms with Crippen molar-refractivity contribution in [1.29, 1.82) is 0 Å². The van der Waals surface area contributed by atoms with Gasteiger partial charge >= 0.3 is 5.97 Å². The largest absolute Gasteiger partial charge is 0.478 e. The number of hydrogen-bond donors (Lipinski definition) is 2. The molecule has 154 valence electrons. The van der Waals surface area contributed by atoms with Crippen LogP contribution in [0.5, 0.6) is 5.75 Å². The van der Waals surface area contributed by atoms with E-state index >= 15 is 0 Å². The Balaban J connectivity index is 3.67. The van der Waals surface area contributed by atoms with E-state index < -0.39 is 17.0 Å². The number of carbonyl (C=O) groups is 1. The molecule has 0 aliphatic rings. The first-order valence-electron chi connectivity index (χ1n) is 9.34. The summed E-state index contributed by atoms with van der Waals surface area (Å²) in [5.41, 5.74) is 0.578. The SMILES string of the molecule is C=C/C=C(\C=C)Oc1c(N(CCCC)CCCC)cc(C(=O)O)cc1S(N)=O. The summed E-state index contributed by atoms with van der Waals surface area (Å²) in [5, 5.41) is 15.2. The van der Waals surface area contributed by atoms with E-state index in [1.54, 1.807) is 18.2 Å². The van der Waals surface area contributed by atoms with E-state index in [0.717, 1.165) is 38.8 Å². The van der Waals surface area contributed by atoms with Crippen LogP contribution in [-0.4, -0.2) is 28.4 Å². The molecule has 0 saturated heterocycles. The number of benzene rings is 1. The van der Waals surface area contributed by atoms with Crippen LogP contribution in [-0.2, 0) is 11.0 Å². The lowest BCUT2D eigenvalue weighted by Gasteiger charge is -2.28. The van der Waals surface area contributed by atoms with Crippen molar-refractivity contribution in [2.75, 3.05) is 18.0 Å². The molecule has 1 unspecified atom stereocenters. The number of ether oxygens (including phenoxy) is 1. The monoisotopic (exact) mass is 406 g/mol. The van der Waals surface area contributed by atoms with Gasteiger partial charge in [-0.3, -0.25) is 0 Å². The number of allylic oxidation sites excluding steroid dienone is 3. The molecule has 0 fully saturated rings. The van der Waals surface area contributed by atoms with Crippen molar-refractivity contribution in [2.24, 2.45) is 5.14 Å². The van der Waals surface area contributed by atoms with Crippen LogP contribution in [0.1, 0.15) is 49.9 Å². The highest BCUT2D eigenvalue weighted by atomic mass is 32.2. The average Bonchev–Trinajstić information content (AvgIpc) is 2.67. The molecule has 0 radical (unpaired) electrons. The number of unbranched alkanes of at least 4 members (excludes halogenated alkanes) is 2. The van der Waals surface area contributed by atoms with Crippen LogP contribution in [0.25, 0.3) is 0 Å². The third-order valence-electron chi connectivity index (χ3n) is 4.11. The van der Waals surface area contributed by atoms with Crippen LogP contribution in [0.15, 0.2) is 54.2 Å². The van der Waals surface area contributed by atoms with Crippen LogP contribution in [0, 0.1) is 0 Å². The second kappa shape index (κ2) is 12.2. The lowest BCUT2D eigenvalue weighted by atomic mass is 10.1. The summed E-state index contributed by atoms with van der Waals surface area (Å²) < 4.78 is 18.2. The topological polar surface area (TPSA) is 92.9 Å². The molecule has 1 atom stereocenters. The number of carboxylic acids is 1. The molecule has 0 amide bonds. The lowest BCUT2D eigenvalue weighted by molar-refractivity contribution is 0.0696. The van der Waals surface area contributed by atoms with E-state index in [-0.39, 0.29) is 16.2 Å². The van der Waals surface area contributed by atoms with Gasteiger partial charge in [0.15, 0.2) is 5.75 Å². The van der Waals surface area contributed by atoms with Crippen molar-refractivity contribution in [3.8, 4) is 5.75 Å². The smallest absolute Gasteiger partial charge is 0.335 e. The Hall–Kier alpha value is -2.38. The quantitative estimate of drug-likeness (QED) is 0.374. The first-order chi connectivity index (χ1) is 13.4. The molecule has 0 spiro atoms. The van der Waals surface area contributed by atoms with Gasteiger partial charge in [-0.05, 0) is 37.1 Å². The Morgan fingerprint density at radius 3 is 2.29 bits per heavy atom. The summed E-state index contributed by atoms with van der Waals surface area (Å²) in [6.45, 7) is 13.0. The maximum Gasteiger partial charge on any atom is 0.335 e. The standard InChI is InChI=1S/C21H30N2O4S/c1-5-9-12-23(13-10-6-2)18-14-16(21(24)25)15-19(28(22)26)20(18)27-17(8-4)11-7-3/h7-8,11,14-15H,3-6,9-10,12-13,22H2,1-2H3,(H,24,25)/b17-11+. The molecule has 0 aliphatic carbocycles. The van der Waals surface area contributed by atoms with Crippen molar-refractivity contribution in [2.45, 2.75) is 44.4 Å². The van der Waals surface area contributed by atoms with Gasteiger partial charge in [0.25, 0.3) is 0 Å². The molecule has 1 rings (SSSR count). The van der Waals surface area contributed by atoms with Crippen LogP contribution in [0.4, 0.5) is 5.69 Å². The molecular weight excluding hydrogens is 376 g/mol.